The van der Waals surface area contributed by atoms with E-state index in [0.29, 0.717) is 0 Å². The Morgan fingerprint density at radius 1 is 1.52 bits per heavy atom. The van der Waals surface area contributed by atoms with Gasteiger partial charge in [0.15, 0.2) is 11.3 Å². The molecule has 1 fully saturated rings. The molecule has 2 aromatic heterocycles. The van der Waals surface area contributed by atoms with Crippen LogP contribution < -0.4 is 5.69 Å². The van der Waals surface area contributed by atoms with Crippen LogP contribution in [0.5, 0.6) is 0 Å². The molecule has 21 heavy (non-hydrogen) atoms. The van der Waals surface area contributed by atoms with E-state index in [1.807, 2.05) is 13.3 Å². The number of esters is 1. The van der Waals surface area contributed by atoms with Gasteiger partial charge in [0.1, 0.15) is 6.33 Å². The quantitative estimate of drug-likeness (QED) is 0.555. The number of carbonyl (C=O) groups excluding carboxylic acids is 1. The van der Waals surface area contributed by atoms with E-state index < -0.39 is 17.3 Å². The van der Waals surface area contributed by atoms with E-state index in [4.69, 9.17) is 4.74 Å². The Labute approximate surface area is 145 Å². The third kappa shape index (κ3) is 2.92. The van der Waals surface area contributed by atoms with Crippen LogP contribution in [0.2, 0.25) is 0 Å². The number of nitrogens with zero attached hydrogens (tertiary/aromatic N) is 5. The Balaban J connectivity index is 0.00000161. The second-order valence-corrected chi connectivity index (χ2v) is 5.08. The molecule has 9 heteroatoms. The van der Waals surface area contributed by atoms with Crippen molar-refractivity contribution in [2.24, 2.45) is 7.05 Å². The molecule has 1 radical (unpaired) electrons. The number of aromatic nitrogens is 5. The molecule has 1 aliphatic carbocycles. The second kappa shape index (κ2) is 5.92. The summed E-state index contributed by atoms with van der Waals surface area (Å²) in [6.45, 7) is 1.86. The summed E-state index contributed by atoms with van der Waals surface area (Å²) < 4.78 is 7.71. The Hall–Kier alpha value is -1.15. The molecule has 0 spiro atoms. The van der Waals surface area contributed by atoms with Crippen molar-refractivity contribution in [3.8, 4) is 0 Å². The summed E-state index contributed by atoms with van der Waals surface area (Å²) >= 11 is 0. The summed E-state index contributed by atoms with van der Waals surface area (Å²) in [5.41, 5.74) is -0.864. The fourth-order valence-electron chi connectivity index (χ4n) is 2.34. The van der Waals surface area contributed by atoms with Gasteiger partial charge in [-0.3, -0.25) is 6.42 Å². The molecule has 0 saturated heterocycles. The van der Waals surface area contributed by atoms with E-state index in [1.54, 1.807) is 0 Å². The topological polar surface area (TPSA) is 91.4 Å². The van der Waals surface area contributed by atoms with E-state index in [0.717, 1.165) is 23.9 Å². The van der Waals surface area contributed by atoms with Gasteiger partial charge in [0.25, 0.3) is 0 Å². The zero-order valence-corrected chi connectivity index (χ0v) is 14.7. The van der Waals surface area contributed by atoms with Crippen LogP contribution in [0.4, 0.5) is 0 Å². The SMILES string of the molecule is Cn1nnc2c(C(=O)OC3(C)[CH-]CCC3)ncn2c1=O.[Y]. The predicted octanol–water partition coefficient (Wildman–Crippen LogP) is 0.124. The summed E-state index contributed by atoms with van der Waals surface area (Å²) in [7, 11) is 1.47. The van der Waals surface area contributed by atoms with Gasteiger partial charge in [-0.15, -0.1) is 5.10 Å². The fourth-order valence-corrected chi connectivity index (χ4v) is 2.34. The van der Waals surface area contributed by atoms with Crippen LogP contribution in [0.15, 0.2) is 11.1 Å². The van der Waals surface area contributed by atoms with E-state index in [-0.39, 0.29) is 44.1 Å². The van der Waals surface area contributed by atoms with E-state index >= 15 is 0 Å². The van der Waals surface area contributed by atoms with Crippen molar-refractivity contribution in [1.29, 1.82) is 0 Å². The number of carbonyl (C=O) groups is 1. The van der Waals surface area contributed by atoms with Crippen LogP contribution in [0, 0.1) is 6.42 Å². The molecule has 0 amide bonds. The standard InChI is InChI=1S/C12H14N5O3.Y/c1-12(5-3-4-6-12)20-10(18)8-9-14-15-16(2)11(19)17(9)7-13-8;/h5,7H,3-4,6H2,1-2H3;/q-1;. The first-order chi connectivity index (χ1) is 9.50. The van der Waals surface area contributed by atoms with Gasteiger partial charge >= 0.3 is 11.7 Å². The van der Waals surface area contributed by atoms with E-state index in [2.05, 4.69) is 15.3 Å². The largest absolute Gasteiger partial charge is 0.488 e. The molecule has 0 aromatic carbocycles. The number of aryl methyl sites for hydroxylation is 1. The predicted molar refractivity (Wildman–Crippen MR) is 68.0 cm³/mol. The average molecular weight is 365 g/mol. The second-order valence-electron chi connectivity index (χ2n) is 5.08. The van der Waals surface area contributed by atoms with Gasteiger partial charge in [-0.1, -0.05) is 18.6 Å². The van der Waals surface area contributed by atoms with Crippen molar-refractivity contribution in [3.63, 3.8) is 0 Å². The van der Waals surface area contributed by atoms with Crippen molar-refractivity contribution < 1.29 is 42.2 Å². The average Bonchev–Trinajstić information content (AvgIpc) is 3.00. The molecule has 2 heterocycles. The molecule has 1 saturated carbocycles. The van der Waals surface area contributed by atoms with Crippen LogP contribution in [0.25, 0.3) is 5.65 Å². The molecular formula is C12H14N5O3Y-. The van der Waals surface area contributed by atoms with Gasteiger partial charge in [0, 0.05) is 39.8 Å². The molecule has 1 atom stereocenters. The van der Waals surface area contributed by atoms with Crippen molar-refractivity contribution in [2.45, 2.75) is 31.8 Å². The van der Waals surface area contributed by atoms with Gasteiger partial charge < -0.3 is 4.74 Å². The van der Waals surface area contributed by atoms with Crippen LogP contribution in [0.1, 0.15) is 36.7 Å². The van der Waals surface area contributed by atoms with Crippen LogP contribution >= 0.6 is 0 Å². The summed E-state index contributed by atoms with van der Waals surface area (Å²) in [5.74, 6) is -0.587. The molecule has 2 aromatic rings. The summed E-state index contributed by atoms with van der Waals surface area (Å²) in [6.07, 6.45) is 5.94. The number of hydrogen-bond donors (Lipinski definition) is 0. The first-order valence-electron chi connectivity index (χ1n) is 6.35. The maximum atomic E-state index is 12.2. The summed E-state index contributed by atoms with van der Waals surface area (Å²) in [4.78, 5) is 27.9. The van der Waals surface area contributed by atoms with Gasteiger partial charge in [0.2, 0.25) is 0 Å². The Morgan fingerprint density at radius 3 is 2.95 bits per heavy atom. The van der Waals surface area contributed by atoms with E-state index in [9.17, 15) is 9.59 Å². The molecule has 3 rings (SSSR count). The number of imidazole rings is 1. The maximum Gasteiger partial charge on any atom is 0.358 e. The summed E-state index contributed by atoms with van der Waals surface area (Å²) in [6, 6.07) is 0. The third-order valence-corrected chi connectivity index (χ3v) is 3.47. The maximum absolute atomic E-state index is 12.2. The number of rotatable bonds is 2. The van der Waals surface area contributed by atoms with Gasteiger partial charge in [-0.2, -0.15) is 11.1 Å². The van der Waals surface area contributed by atoms with Crippen molar-refractivity contribution >= 4 is 11.6 Å². The Morgan fingerprint density at radius 2 is 2.29 bits per heavy atom. The van der Waals surface area contributed by atoms with Crippen LogP contribution in [-0.4, -0.2) is 35.9 Å². The first kappa shape index (κ1) is 16.2. The van der Waals surface area contributed by atoms with Crippen molar-refractivity contribution in [3.05, 3.63) is 28.9 Å². The van der Waals surface area contributed by atoms with Crippen molar-refractivity contribution in [1.82, 2.24) is 24.4 Å². The molecule has 8 nitrogen and oxygen atoms in total. The number of ether oxygens (including phenoxy) is 1. The minimum atomic E-state index is -0.587. The molecule has 0 N–H and O–H groups in total. The molecule has 1 aliphatic rings. The smallest absolute Gasteiger partial charge is 0.358 e. The molecule has 109 valence electrons. The number of hydrogen-bond acceptors (Lipinski definition) is 6. The molecular weight excluding hydrogens is 351 g/mol. The minimum absolute atomic E-state index is 0. The Bertz CT molecular complexity index is 732. The molecule has 1 unspecified atom stereocenters. The first-order valence-corrected chi connectivity index (χ1v) is 6.35. The van der Waals surface area contributed by atoms with Crippen LogP contribution in [-0.2, 0) is 44.5 Å². The van der Waals surface area contributed by atoms with Gasteiger partial charge in [-0.05, 0) is 12.0 Å². The monoisotopic (exact) mass is 365 g/mol. The zero-order chi connectivity index (χ0) is 14.3. The minimum Gasteiger partial charge on any atom is -0.488 e. The van der Waals surface area contributed by atoms with Crippen LogP contribution in [0.3, 0.4) is 0 Å². The Kier molecular flexibility index (Phi) is 4.58. The van der Waals surface area contributed by atoms with Gasteiger partial charge in [0.05, 0.1) is 0 Å². The third-order valence-electron chi connectivity index (χ3n) is 3.47. The summed E-state index contributed by atoms with van der Waals surface area (Å²) in [5, 5.41) is 7.47. The van der Waals surface area contributed by atoms with Gasteiger partial charge in [-0.25, -0.2) is 19.0 Å². The molecule has 0 bridgehead atoms. The zero-order valence-electron chi connectivity index (χ0n) is 11.8. The van der Waals surface area contributed by atoms with E-state index in [1.165, 1.54) is 17.8 Å². The normalized spacial score (nSPS) is 21.2. The fraction of sp³-hybridized carbons (Fsp3) is 0.500. The molecule has 0 aliphatic heterocycles. The number of fused-ring (bicyclic) bond motifs is 1. The van der Waals surface area contributed by atoms with Crippen molar-refractivity contribution in [2.75, 3.05) is 0 Å².